The van der Waals surface area contributed by atoms with Gasteiger partial charge in [0.2, 0.25) is 11.8 Å². The minimum atomic E-state index is -0.518. The average molecular weight is 373 g/mol. The highest BCUT2D eigenvalue weighted by molar-refractivity contribution is 9.10. The zero-order valence-corrected chi connectivity index (χ0v) is 13.5. The van der Waals surface area contributed by atoms with Crippen LogP contribution in [0.3, 0.4) is 0 Å². The van der Waals surface area contributed by atoms with E-state index < -0.39 is 4.92 Å². The Hall–Kier alpha value is -1.93. The lowest BCUT2D eigenvalue weighted by Crippen LogP contribution is -2.07. The Bertz CT molecular complexity index is 710. The van der Waals surface area contributed by atoms with E-state index >= 15 is 0 Å². The van der Waals surface area contributed by atoms with Crippen molar-refractivity contribution in [1.29, 1.82) is 0 Å². The van der Waals surface area contributed by atoms with Gasteiger partial charge >= 0.3 is 5.69 Å². The van der Waals surface area contributed by atoms with Crippen LogP contribution in [0, 0.1) is 17.0 Å². The van der Waals surface area contributed by atoms with E-state index in [4.69, 9.17) is 11.6 Å². The van der Waals surface area contributed by atoms with Gasteiger partial charge in [-0.2, -0.15) is 4.98 Å². The highest BCUT2D eigenvalue weighted by atomic mass is 79.9. The highest BCUT2D eigenvalue weighted by Gasteiger charge is 2.22. The molecule has 0 bridgehead atoms. The molecule has 0 aliphatic rings. The highest BCUT2D eigenvalue weighted by Crippen LogP contribution is 2.33. The number of nitrogens with one attached hydrogen (secondary N) is 2. The zero-order chi connectivity index (χ0) is 15.6. The van der Waals surface area contributed by atoms with Crippen molar-refractivity contribution in [3.63, 3.8) is 0 Å². The van der Waals surface area contributed by atoms with Crippen LogP contribution < -0.4 is 10.6 Å². The number of anilines is 3. The van der Waals surface area contributed by atoms with E-state index in [9.17, 15) is 10.1 Å². The number of nitro groups is 1. The largest absolute Gasteiger partial charge is 0.357 e. The number of rotatable bonds is 4. The minimum Gasteiger partial charge on any atom is -0.357 e. The normalized spacial score (nSPS) is 10.3. The molecule has 0 fully saturated rings. The molecule has 0 saturated heterocycles. The number of aryl methyl sites for hydroxylation is 1. The fraction of sp³-hybridized carbons (Fsp3) is 0.167. The van der Waals surface area contributed by atoms with Crippen molar-refractivity contribution in [1.82, 2.24) is 9.97 Å². The second kappa shape index (κ2) is 6.23. The summed E-state index contributed by atoms with van der Waals surface area (Å²) >= 11 is 9.29. The molecule has 0 atom stereocenters. The van der Waals surface area contributed by atoms with Gasteiger partial charge in [-0.3, -0.25) is 10.1 Å². The van der Waals surface area contributed by atoms with E-state index in [0.717, 1.165) is 0 Å². The first-order chi connectivity index (χ1) is 9.92. The van der Waals surface area contributed by atoms with Crippen LogP contribution in [0.5, 0.6) is 0 Å². The van der Waals surface area contributed by atoms with Crippen molar-refractivity contribution in [2.45, 2.75) is 6.92 Å². The summed E-state index contributed by atoms with van der Waals surface area (Å²) in [7, 11) is 1.64. The van der Waals surface area contributed by atoms with Crippen LogP contribution in [-0.2, 0) is 0 Å². The Balaban J connectivity index is 2.54. The van der Waals surface area contributed by atoms with Gasteiger partial charge in [-0.25, -0.2) is 4.98 Å². The van der Waals surface area contributed by atoms with Crippen LogP contribution in [0.2, 0.25) is 5.02 Å². The van der Waals surface area contributed by atoms with Crippen molar-refractivity contribution < 1.29 is 4.92 Å². The first-order valence-corrected chi connectivity index (χ1v) is 7.02. The predicted molar refractivity (Wildman–Crippen MR) is 85.4 cm³/mol. The first-order valence-electron chi connectivity index (χ1n) is 5.85. The zero-order valence-electron chi connectivity index (χ0n) is 11.1. The van der Waals surface area contributed by atoms with Crippen molar-refractivity contribution in [2.75, 3.05) is 17.7 Å². The maximum atomic E-state index is 11.2. The molecule has 110 valence electrons. The summed E-state index contributed by atoms with van der Waals surface area (Å²) in [6.45, 7) is 1.55. The second-order valence-electron chi connectivity index (χ2n) is 4.09. The Morgan fingerprint density at radius 2 is 2.10 bits per heavy atom. The molecular weight excluding hydrogens is 362 g/mol. The molecule has 21 heavy (non-hydrogen) atoms. The fourth-order valence-electron chi connectivity index (χ4n) is 1.71. The SMILES string of the molecule is CNc1nc(C)c([N+](=O)[O-])c(Nc2cc(Cl)ccc2Br)n1. The van der Waals surface area contributed by atoms with Crippen LogP contribution in [-0.4, -0.2) is 21.9 Å². The van der Waals surface area contributed by atoms with Crippen LogP contribution in [0.25, 0.3) is 0 Å². The quantitative estimate of drug-likeness (QED) is 0.624. The Morgan fingerprint density at radius 3 is 2.71 bits per heavy atom. The number of hydrogen-bond donors (Lipinski definition) is 2. The van der Waals surface area contributed by atoms with Crippen molar-refractivity contribution in [3.05, 3.63) is 43.5 Å². The lowest BCUT2D eigenvalue weighted by atomic mass is 10.3. The molecule has 2 aromatic rings. The predicted octanol–water partition coefficient (Wildman–Crippen LogP) is 3.89. The van der Waals surface area contributed by atoms with Crippen molar-refractivity contribution in [3.8, 4) is 0 Å². The molecular formula is C12H11BrClN5O2. The Kier molecular flexibility index (Phi) is 4.59. The fourth-order valence-corrected chi connectivity index (χ4v) is 2.22. The Morgan fingerprint density at radius 1 is 1.38 bits per heavy atom. The van der Waals surface area contributed by atoms with Gasteiger partial charge in [0.25, 0.3) is 0 Å². The molecule has 1 heterocycles. The third-order valence-electron chi connectivity index (χ3n) is 2.65. The van der Waals surface area contributed by atoms with Gasteiger partial charge in [-0.05, 0) is 41.1 Å². The molecule has 0 unspecified atom stereocenters. The van der Waals surface area contributed by atoms with E-state index in [1.165, 1.54) is 0 Å². The molecule has 0 aliphatic carbocycles. The third kappa shape index (κ3) is 3.40. The summed E-state index contributed by atoms with van der Waals surface area (Å²) in [5.74, 6) is 0.388. The number of hydrogen-bond acceptors (Lipinski definition) is 6. The van der Waals surface area contributed by atoms with E-state index in [1.54, 1.807) is 32.2 Å². The minimum absolute atomic E-state index is 0.0971. The molecule has 7 nitrogen and oxygen atoms in total. The third-order valence-corrected chi connectivity index (χ3v) is 3.57. The van der Waals surface area contributed by atoms with E-state index in [0.29, 0.717) is 21.1 Å². The van der Waals surface area contributed by atoms with Gasteiger partial charge in [0, 0.05) is 16.5 Å². The van der Waals surface area contributed by atoms with Crippen LogP contribution in [0.15, 0.2) is 22.7 Å². The topological polar surface area (TPSA) is 93.0 Å². The standard InChI is InChI=1S/C12H11BrClN5O2/c1-6-10(19(20)21)11(18-12(15-2)16-6)17-9-5-7(14)3-4-8(9)13/h3-5H,1-2H3,(H2,15,16,17,18). The van der Waals surface area contributed by atoms with E-state index in [2.05, 4.69) is 36.5 Å². The van der Waals surface area contributed by atoms with Crippen LogP contribution in [0.1, 0.15) is 5.69 Å². The summed E-state index contributed by atoms with van der Waals surface area (Å²) in [6, 6.07) is 5.09. The molecule has 0 amide bonds. The summed E-state index contributed by atoms with van der Waals surface area (Å²) < 4.78 is 0.712. The second-order valence-corrected chi connectivity index (χ2v) is 5.38. The molecule has 0 saturated carbocycles. The number of halogens is 2. The monoisotopic (exact) mass is 371 g/mol. The number of benzene rings is 1. The Labute approximate surface area is 134 Å². The van der Waals surface area contributed by atoms with Crippen LogP contribution >= 0.6 is 27.5 Å². The van der Waals surface area contributed by atoms with Crippen molar-refractivity contribution >= 4 is 50.7 Å². The number of nitrogens with zero attached hydrogens (tertiary/aromatic N) is 3. The lowest BCUT2D eigenvalue weighted by Gasteiger charge is -2.11. The van der Waals surface area contributed by atoms with E-state index in [1.807, 2.05) is 0 Å². The smallest absolute Gasteiger partial charge is 0.332 e. The average Bonchev–Trinajstić information content (AvgIpc) is 2.41. The van der Waals surface area contributed by atoms with Gasteiger partial charge in [0.05, 0.1) is 10.6 Å². The summed E-state index contributed by atoms with van der Waals surface area (Å²) in [5, 5.41) is 17.4. The van der Waals surface area contributed by atoms with Gasteiger partial charge < -0.3 is 10.6 Å². The van der Waals surface area contributed by atoms with Crippen LogP contribution in [0.4, 0.5) is 23.1 Å². The van der Waals surface area contributed by atoms with Gasteiger partial charge in [0.15, 0.2) is 0 Å². The number of aromatic nitrogens is 2. The molecule has 1 aromatic heterocycles. The molecule has 0 spiro atoms. The molecule has 0 radical (unpaired) electrons. The molecule has 2 N–H and O–H groups in total. The summed E-state index contributed by atoms with van der Waals surface area (Å²) in [6.07, 6.45) is 0. The van der Waals surface area contributed by atoms with Gasteiger partial charge in [-0.1, -0.05) is 11.6 Å². The van der Waals surface area contributed by atoms with Gasteiger partial charge in [0.1, 0.15) is 5.69 Å². The first kappa shape index (κ1) is 15.5. The van der Waals surface area contributed by atoms with Crippen molar-refractivity contribution in [2.24, 2.45) is 0 Å². The molecule has 1 aromatic carbocycles. The maximum absolute atomic E-state index is 11.2. The lowest BCUT2D eigenvalue weighted by molar-refractivity contribution is -0.385. The van der Waals surface area contributed by atoms with Gasteiger partial charge in [-0.15, -0.1) is 0 Å². The maximum Gasteiger partial charge on any atom is 0.332 e. The summed E-state index contributed by atoms with van der Waals surface area (Å²) in [4.78, 5) is 18.8. The van der Waals surface area contributed by atoms with E-state index in [-0.39, 0.29) is 17.2 Å². The molecule has 9 heteroatoms. The molecule has 0 aliphatic heterocycles. The molecule has 2 rings (SSSR count). The summed E-state index contributed by atoms with van der Waals surface area (Å²) in [5.41, 5.74) is 0.659.